The summed E-state index contributed by atoms with van der Waals surface area (Å²) >= 11 is 1.52. The highest BCUT2D eigenvalue weighted by Gasteiger charge is 2.33. The second-order valence-corrected chi connectivity index (χ2v) is 12.3. The van der Waals surface area contributed by atoms with E-state index in [9.17, 15) is 4.79 Å². The van der Waals surface area contributed by atoms with Gasteiger partial charge in [0.2, 0.25) is 5.91 Å². The van der Waals surface area contributed by atoms with Gasteiger partial charge in [0.05, 0.1) is 25.2 Å². The molecule has 0 unspecified atom stereocenters. The monoisotopic (exact) mass is 562 g/mol. The molecule has 0 saturated heterocycles. The molecule has 40 heavy (non-hydrogen) atoms. The summed E-state index contributed by atoms with van der Waals surface area (Å²) in [7, 11) is 5.15. The number of hydrogen-bond acceptors (Lipinski definition) is 6. The summed E-state index contributed by atoms with van der Waals surface area (Å²) in [6.07, 6.45) is 10.4. The molecule has 5 rings (SSSR count). The van der Waals surface area contributed by atoms with E-state index < -0.39 is 0 Å². The minimum atomic E-state index is 0.0529. The van der Waals surface area contributed by atoms with Crippen molar-refractivity contribution >= 4 is 22.9 Å². The molecular formula is C33H42N2O4S. The zero-order valence-corrected chi connectivity index (χ0v) is 25.0. The van der Waals surface area contributed by atoms with Gasteiger partial charge >= 0.3 is 0 Å². The molecule has 0 atom stereocenters. The Kier molecular flexibility index (Phi) is 9.43. The van der Waals surface area contributed by atoms with E-state index in [1.165, 1.54) is 22.5 Å². The summed E-state index contributed by atoms with van der Waals surface area (Å²) in [6, 6.07) is 15.0. The molecule has 0 N–H and O–H groups in total. The molecule has 2 saturated carbocycles. The van der Waals surface area contributed by atoms with Crippen molar-refractivity contribution < 1.29 is 19.0 Å². The molecule has 3 aromatic rings. The number of amides is 1. The van der Waals surface area contributed by atoms with E-state index in [2.05, 4.69) is 59.3 Å². The Bertz CT molecular complexity index is 1270. The summed E-state index contributed by atoms with van der Waals surface area (Å²) in [4.78, 5) is 21.6. The van der Waals surface area contributed by atoms with Crippen LogP contribution in [0, 0.1) is 18.8 Å². The Hall–Kier alpha value is -2.90. The number of aryl methyl sites for hydroxylation is 1. The highest BCUT2D eigenvalue weighted by molar-refractivity contribution is 7.16. The van der Waals surface area contributed by atoms with Gasteiger partial charge in [-0.3, -0.25) is 4.79 Å². The predicted molar refractivity (Wildman–Crippen MR) is 162 cm³/mol. The molecule has 7 heteroatoms. The van der Waals surface area contributed by atoms with Crippen LogP contribution in [-0.2, 0) is 9.53 Å². The van der Waals surface area contributed by atoms with Gasteiger partial charge < -0.3 is 19.1 Å². The first-order valence-corrected chi connectivity index (χ1v) is 15.4. The Labute approximate surface area is 242 Å². The summed E-state index contributed by atoms with van der Waals surface area (Å²) < 4.78 is 16.4. The average Bonchev–Trinajstić information content (AvgIpc) is 3.50. The zero-order chi connectivity index (χ0) is 28.1. The summed E-state index contributed by atoms with van der Waals surface area (Å²) in [5.74, 6) is 2.32. The fraction of sp³-hybridized carbons (Fsp3) is 0.515. The minimum Gasteiger partial charge on any atom is -0.496 e. The fourth-order valence-electron chi connectivity index (χ4n) is 6.49. The van der Waals surface area contributed by atoms with Crippen molar-refractivity contribution in [1.29, 1.82) is 0 Å². The number of carbonyl (C=O) groups excluding carboxylic acids is 1. The molecule has 214 valence electrons. The quantitative estimate of drug-likeness (QED) is 0.268. The van der Waals surface area contributed by atoms with Crippen LogP contribution in [0.4, 0.5) is 5.69 Å². The number of anilines is 1. The first-order chi connectivity index (χ1) is 19.5. The molecule has 2 fully saturated rings. The average molecular weight is 563 g/mol. The second-order valence-electron chi connectivity index (χ2n) is 11.3. The molecule has 1 amide bonds. The third-order valence-corrected chi connectivity index (χ3v) is 9.91. The van der Waals surface area contributed by atoms with Crippen LogP contribution in [-0.4, -0.2) is 44.9 Å². The largest absolute Gasteiger partial charge is 0.496 e. The van der Waals surface area contributed by atoms with E-state index in [4.69, 9.17) is 14.2 Å². The van der Waals surface area contributed by atoms with Crippen molar-refractivity contribution in [2.45, 2.75) is 70.3 Å². The van der Waals surface area contributed by atoms with Gasteiger partial charge in [-0.1, -0.05) is 35.6 Å². The van der Waals surface area contributed by atoms with E-state index in [0.717, 1.165) is 79.8 Å². The highest BCUT2D eigenvalue weighted by Crippen LogP contribution is 2.39. The van der Waals surface area contributed by atoms with Gasteiger partial charge in [0.15, 0.2) is 0 Å². The van der Waals surface area contributed by atoms with Crippen LogP contribution in [0.3, 0.4) is 0 Å². The zero-order valence-electron chi connectivity index (χ0n) is 24.2. The molecule has 2 aromatic carbocycles. The topological polar surface area (TPSA) is 60.9 Å². The van der Waals surface area contributed by atoms with Crippen LogP contribution >= 0.6 is 11.3 Å². The summed E-state index contributed by atoms with van der Waals surface area (Å²) in [6.45, 7) is 2.89. The third kappa shape index (κ3) is 6.52. The molecule has 0 bridgehead atoms. The summed E-state index contributed by atoms with van der Waals surface area (Å²) in [5, 5.41) is 0.645. The molecule has 6 nitrogen and oxygen atoms in total. The number of thiazole rings is 1. The van der Waals surface area contributed by atoms with Crippen LogP contribution in [0.5, 0.6) is 10.9 Å². The van der Waals surface area contributed by atoms with Crippen molar-refractivity contribution in [1.82, 2.24) is 4.98 Å². The van der Waals surface area contributed by atoms with Gasteiger partial charge in [-0.05, 0) is 105 Å². The molecule has 0 spiro atoms. The van der Waals surface area contributed by atoms with Crippen LogP contribution in [0.25, 0.3) is 10.4 Å². The number of methoxy groups -OCH3 is 3. The van der Waals surface area contributed by atoms with Crippen LogP contribution in [0.15, 0.2) is 48.7 Å². The Balaban J connectivity index is 1.33. The van der Waals surface area contributed by atoms with Crippen molar-refractivity contribution in [3.8, 4) is 21.4 Å². The molecule has 1 heterocycles. The molecular weight excluding hydrogens is 520 g/mol. The fourth-order valence-corrected chi connectivity index (χ4v) is 7.22. The van der Waals surface area contributed by atoms with E-state index >= 15 is 0 Å². The number of rotatable bonds is 9. The SMILES string of the molecule is COc1ncc(-c2cccc(N(CC3CCC(c4ccc(OC)c(C)c4)CC3)C(=O)C3CCC(OC)CC3)c2)s1. The number of ether oxygens (including phenoxy) is 3. The summed E-state index contributed by atoms with van der Waals surface area (Å²) in [5.41, 5.74) is 4.65. The van der Waals surface area contributed by atoms with Crippen LogP contribution in [0.2, 0.25) is 0 Å². The maximum Gasteiger partial charge on any atom is 0.273 e. The number of benzene rings is 2. The van der Waals surface area contributed by atoms with E-state index in [1.54, 1.807) is 21.3 Å². The van der Waals surface area contributed by atoms with Gasteiger partial charge in [-0.2, -0.15) is 0 Å². The van der Waals surface area contributed by atoms with E-state index in [0.29, 0.717) is 17.0 Å². The second kappa shape index (κ2) is 13.2. The van der Waals surface area contributed by atoms with E-state index in [1.807, 2.05) is 6.20 Å². The number of hydrogen-bond donors (Lipinski definition) is 0. The lowest BCUT2D eigenvalue weighted by atomic mass is 9.78. The van der Waals surface area contributed by atoms with Crippen molar-refractivity contribution in [3.63, 3.8) is 0 Å². The minimum absolute atomic E-state index is 0.0529. The van der Waals surface area contributed by atoms with Gasteiger partial charge in [0, 0.05) is 31.5 Å². The van der Waals surface area contributed by atoms with Gasteiger partial charge in [-0.25, -0.2) is 4.98 Å². The Morgan fingerprint density at radius 1 is 0.950 bits per heavy atom. The van der Waals surface area contributed by atoms with Crippen molar-refractivity contribution in [2.24, 2.45) is 11.8 Å². The van der Waals surface area contributed by atoms with E-state index in [-0.39, 0.29) is 17.9 Å². The van der Waals surface area contributed by atoms with Crippen molar-refractivity contribution in [2.75, 3.05) is 32.8 Å². The van der Waals surface area contributed by atoms with Gasteiger partial charge in [0.1, 0.15) is 5.75 Å². The first-order valence-electron chi connectivity index (χ1n) is 14.6. The standard InChI is InChI=1S/C33H42N2O4S/c1-22-18-26(14-17-30(22)38-3)24-10-8-23(9-11-24)21-35(32(36)25-12-15-29(37-2)16-13-25)28-7-5-6-27(19-28)31-20-34-33(39-4)40-31/h5-7,14,17-20,23-25,29H,8-13,15-16,21H2,1-4H3. The third-order valence-electron chi connectivity index (χ3n) is 8.90. The number of carbonyl (C=O) groups is 1. The molecule has 1 aromatic heterocycles. The molecule has 2 aliphatic rings. The number of aromatic nitrogens is 1. The maximum atomic E-state index is 14.1. The van der Waals surface area contributed by atoms with Crippen LogP contribution in [0.1, 0.15) is 68.4 Å². The lowest BCUT2D eigenvalue weighted by Crippen LogP contribution is -2.42. The normalized spacial score (nSPS) is 23.0. The van der Waals surface area contributed by atoms with Crippen molar-refractivity contribution in [3.05, 3.63) is 59.8 Å². The maximum absolute atomic E-state index is 14.1. The smallest absolute Gasteiger partial charge is 0.273 e. The molecule has 2 aliphatic carbocycles. The van der Waals surface area contributed by atoms with Gasteiger partial charge in [-0.15, -0.1) is 0 Å². The lowest BCUT2D eigenvalue weighted by Gasteiger charge is -2.36. The number of nitrogens with zero attached hydrogens (tertiary/aromatic N) is 2. The molecule has 0 radical (unpaired) electrons. The first kappa shape index (κ1) is 28.6. The lowest BCUT2D eigenvalue weighted by molar-refractivity contribution is -0.124. The predicted octanol–water partition coefficient (Wildman–Crippen LogP) is 7.65. The van der Waals surface area contributed by atoms with Gasteiger partial charge in [0.25, 0.3) is 5.19 Å². The Morgan fingerprint density at radius 3 is 2.38 bits per heavy atom. The highest BCUT2D eigenvalue weighted by atomic mass is 32.1. The van der Waals surface area contributed by atoms with Crippen LogP contribution < -0.4 is 14.4 Å². The molecule has 0 aliphatic heterocycles. The Morgan fingerprint density at radius 2 is 1.73 bits per heavy atom.